The van der Waals surface area contributed by atoms with Crippen LogP contribution < -0.4 is 5.73 Å². The van der Waals surface area contributed by atoms with Gasteiger partial charge in [0.15, 0.2) is 0 Å². The Labute approximate surface area is 133 Å². The zero-order chi connectivity index (χ0) is 15.7. The molecule has 2 saturated carbocycles. The van der Waals surface area contributed by atoms with E-state index in [-0.39, 0.29) is 34.8 Å². The number of allylic oxidation sites excluding steroid dienone is 3. The van der Waals surface area contributed by atoms with E-state index in [1.807, 2.05) is 6.08 Å². The van der Waals surface area contributed by atoms with Crippen LogP contribution in [-0.4, -0.2) is 22.4 Å². The normalized spacial score (nSPS) is 56.8. The molecule has 122 valence electrons. The lowest BCUT2D eigenvalue weighted by atomic mass is 9.48. The van der Waals surface area contributed by atoms with Crippen molar-refractivity contribution in [3.63, 3.8) is 0 Å². The van der Waals surface area contributed by atoms with E-state index < -0.39 is 0 Å². The fraction of sp³-hybridized carbons (Fsp3) is 0.789. The fourth-order valence-corrected chi connectivity index (χ4v) is 6.29. The molecular weight excluding hydrogens is 274 g/mol. The van der Waals surface area contributed by atoms with E-state index in [9.17, 15) is 10.2 Å². The Hall–Kier alpha value is -0.800. The number of rotatable bonds is 0. The molecule has 0 heterocycles. The first kappa shape index (κ1) is 14.8. The molecule has 0 spiro atoms. The minimum Gasteiger partial charge on any atom is -0.512 e. The number of fused-ring (bicyclic) bond motifs is 5. The van der Waals surface area contributed by atoms with Gasteiger partial charge in [-0.05, 0) is 66.8 Å². The number of hydrogen-bond acceptors (Lipinski definition) is 3. The minimum atomic E-state index is -0.368. The summed E-state index contributed by atoms with van der Waals surface area (Å²) in [5, 5.41) is 20.8. The largest absolute Gasteiger partial charge is 0.512 e. The molecule has 0 aromatic heterocycles. The molecule has 3 nitrogen and oxygen atoms in total. The molecule has 4 N–H and O–H groups in total. The standard InChI is InChI=1S/C19H29NO2/c1-18-7-5-12(21)9-11(18)10-15(22)17-13-3-4-16(20)19(13,2)8-6-14(17)18/h5,7,10-14,16-17,21-22H,3-4,6,8-9,20H2,1-2H3/t11?,12?,13-,14+,16?,17-,18-,19-/m0/s1. The van der Waals surface area contributed by atoms with Crippen LogP contribution in [0.25, 0.3) is 0 Å². The van der Waals surface area contributed by atoms with Crippen LogP contribution in [0.4, 0.5) is 0 Å². The molecule has 0 radical (unpaired) electrons. The second kappa shape index (κ2) is 4.61. The van der Waals surface area contributed by atoms with Gasteiger partial charge < -0.3 is 15.9 Å². The summed E-state index contributed by atoms with van der Waals surface area (Å²) in [6.07, 6.45) is 11.2. The Morgan fingerprint density at radius 2 is 1.95 bits per heavy atom. The summed E-state index contributed by atoms with van der Waals surface area (Å²) in [5.41, 5.74) is 6.68. The maximum Gasteiger partial charge on any atom is 0.0922 e. The highest BCUT2D eigenvalue weighted by Crippen LogP contribution is 2.64. The van der Waals surface area contributed by atoms with Crippen LogP contribution in [0.3, 0.4) is 0 Å². The molecule has 0 saturated heterocycles. The number of aliphatic hydroxyl groups excluding tert-OH is 2. The Kier molecular flexibility index (Phi) is 3.09. The molecule has 4 rings (SSSR count). The van der Waals surface area contributed by atoms with E-state index in [4.69, 9.17) is 5.73 Å². The summed E-state index contributed by atoms with van der Waals surface area (Å²) in [4.78, 5) is 0. The first-order valence-electron chi connectivity index (χ1n) is 8.90. The summed E-state index contributed by atoms with van der Waals surface area (Å²) in [5.74, 6) is 2.09. The van der Waals surface area contributed by atoms with Crippen molar-refractivity contribution in [1.82, 2.24) is 0 Å². The molecule has 0 aromatic carbocycles. The lowest BCUT2D eigenvalue weighted by Gasteiger charge is -2.57. The molecule has 4 aliphatic carbocycles. The highest BCUT2D eigenvalue weighted by Gasteiger charge is 2.59. The zero-order valence-corrected chi connectivity index (χ0v) is 13.7. The van der Waals surface area contributed by atoms with Crippen LogP contribution in [0.1, 0.15) is 46.0 Å². The van der Waals surface area contributed by atoms with Gasteiger partial charge in [0, 0.05) is 12.0 Å². The first-order chi connectivity index (χ1) is 10.4. The summed E-state index contributed by atoms with van der Waals surface area (Å²) in [6, 6.07) is 0.278. The molecule has 0 aliphatic heterocycles. The van der Waals surface area contributed by atoms with Gasteiger partial charge in [0.25, 0.3) is 0 Å². The van der Waals surface area contributed by atoms with Crippen LogP contribution in [0.5, 0.6) is 0 Å². The van der Waals surface area contributed by atoms with Crippen molar-refractivity contribution < 1.29 is 10.2 Å². The van der Waals surface area contributed by atoms with Gasteiger partial charge in [0.05, 0.1) is 11.9 Å². The van der Waals surface area contributed by atoms with Crippen molar-refractivity contribution >= 4 is 0 Å². The Bertz CT molecular complexity index is 542. The van der Waals surface area contributed by atoms with E-state index in [0.29, 0.717) is 17.6 Å². The molecule has 0 amide bonds. The third kappa shape index (κ3) is 1.75. The predicted molar refractivity (Wildman–Crippen MR) is 87.1 cm³/mol. The van der Waals surface area contributed by atoms with Crippen LogP contribution in [0.2, 0.25) is 0 Å². The molecular formula is C19H29NO2. The third-order valence-electron chi connectivity index (χ3n) is 7.83. The van der Waals surface area contributed by atoms with Crippen molar-refractivity contribution in [2.45, 2.75) is 58.1 Å². The minimum absolute atomic E-state index is 0.0736. The summed E-state index contributed by atoms with van der Waals surface area (Å²) in [6.45, 7) is 4.67. The maximum absolute atomic E-state index is 10.8. The second-order valence-electron chi connectivity index (χ2n) is 8.69. The highest BCUT2D eigenvalue weighted by atomic mass is 16.3. The van der Waals surface area contributed by atoms with Gasteiger partial charge in [-0.3, -0.25) is 0 Å². The topological polar surface area (TPSA) is 66.5 Å². The fourth-order valence-electron chi connectivity index (χ4n) is 6.29. The van der Waals surface area contributed by atoms with Gasteiger partial charge in [0.1, 0.15) is 0 Å². The predicted octanol–water partition coefficient (Wildman–Crippen LogP) is 3.16. The monoisotopic (exact) mass is 303 g/mol. The smallest absolute Gasteiger partial charge is 0.0922 e. The summed E-state index contributed by atoms with van der Waals surface area (Å²) in [7, 11) is 0. The van der Waals surface area contributed by atoms with E-state index in [0.717, 1.165) is 25.7 Å². The zero-order valence-electron chi connectivity index (χ0n) is 13.7. The Morgan fingerprint density at radius 3 is 2.73 bits per heavy atom. The van der Waals surface area contributed by atoms with Crippen molar-refractivity contribution in [3.05, 3.63) is 24.0 Å². The lowest BCUT2D eigenvalue weighted by molar-refractivity contribution is -0.0468. The third-order valence-corrected chi connectivity index (χ3v) is 7.83. The molecule has 3 unspecified atom stereocenters. The van der Waals surface area contributed by atoms with E-state index in [1.54, 1.807) is 0 Å². The lowest BCUT2D eigenvalue weighted by Crippen LogP contribution is -2.53. The van der Waals surface area contributed by atoms with E-state index in [2.05, 4.69) is 26.0 Å². The first-order valence-corrected chi connectivity index (χ1v) is 8.90. The van der Waals surface area contributed by atoms with E-state index in [1.165, 1.54) is 6.42 Å². The van der Waals surface area contributed by atoms with Gasteiger partial charge in [-0.1, -0.05) is 26.0 Å². The Morgan fingerprint density at radius 1 is 1.18 bits per heavy atom. The van der Waals surface area contributed by atoms with Crippen LogP contribution in [-0.2, 0) is 0 Å². The van der Waals surface area contributed by atoms with Crippen LogP contribution in [0, 0.1) is 34.5 Å². The molecule has 0 aromatic rings. The summed E-state index contributed by atoms with van der Waals surface area (Å²) < 4.78 is 0. The maximum atomic E-state index is 10.8. The van der Waals surface area contributed by atoms with Gasteiger partial charge in [-0.25, -0.2) is 0 Å². The molecule has 4 aliphatic rings. The Balaban J connectivity index is 1.76. The van der Waals surface area contributed by atoms with Gasteiger partial charge in [-0.2, -0.15) is 0 Å². The van der Waals surface area contributed by atoms with Crippen LogP contribution in [0.15, 0.2) is 24.0 Å². The van der Waals surface area contributed by atoms with Crippen molar-refractivity contribution in [3.8, 4) is 0 Å². The number of nitrogens with two attached hydrogens (primary N) is 1. The number of hydrogen-bond donors (Lipinski definition) is 3. The SMILES string of the molecule is C[C@]12C=CC(O)CC1C=C(O)[C@@H]1[C@H]2CC[C@]2(C)C(N)CC[C@@H]12. The number of aliphatic hydroxyl groups is 2. The van der Waals surface area contributed by atoms with Gasteiger partial charge in [0.2, 0.25) is 0 Å². The second-order valence-corrected chi connectivity index (χ2v) is 8.69. The molecule has 2 fully saturated rings. The van der Waals surface area contributed by atoms with E-state index >= 15 is 0 Å². The van der Waals surface area contributed by atoms with Gasteiger partial charge >= 0.3 is 0 Å². The van der Waals surface area contributed by atoms with Crippen molar-refractivity contribution in [2.24, 2.45) is 40.2 Å². The molecule has 8 atom stereocenters. The molecule has 22 heavy (non-hydrogen) atoms. The molecule has 3 heteroatoms. The van der Waals surface area contributed by atoms with Gasteiger partial charge in [-0.15, -0.1) is 0 Å². The van der Waals surface area contributed by atoms with Crippen LogP contribution >= 0.6 is 0 Å². The van der Waals surface area contributed by atoms with Crippen molar-refractivity contribution in [2.75, 3.05) is 0 Å². The quantitative estimate of drug-likeness (QED) is 0.602. The highest BCUT2D eigenvalue weighted by molar-refractivity contribution is 5.26. The van der Waals surface area contributed by atoms with Crippen molar-refractivity contribution in [1.29, 1.82) is 0 Å². The summed E-state index contributed by atoms with van der Waals surface area (Å²) >= 11 is 0. The average molecular weight is 303 g/mol. The average Bonchev–Trinajstić information content (AvgIpc) is 2.77. The molecule has 0 bridgehead atoms.